The fourth-order valence-corrected chi connectivity index (χ4v) is 3.25. The number of benzene rings is 2. The molecule has 0 amide bonds. The molecule has 0 aliphatic carbocycles. The Morgan fingerprint density at radius 2 is 2.08 bits per heavy atom. The van der Waals surface area contributed by atoms with Crippen molar-refractivity contribution in [3.05, 3.63) is 64.9 Å². The standard InChI is InChI=1S/C19H12FN3O2S/c20-14-3-1-2-4-15(14)22-9-13(8-21)19-23-16(10-26-19)12-5-6-17-18(7-12)25-11-24-17/h1-7,9-10,22H,11H2. The van der Waals surface area contributed by atoms with Crippen LogP contribution in [0, 0.1) is 17.1 Å². The van der Waals surface area contributed by atoms with Gasteiger partial charge < -0.3 is 14.8 Å². The van der Waals surface area contributed by atoms with E-state index in [0.29, 0.717) is 27.8 Å². The Hall–Kier alpha value is -3.37. The third kappa shape index (κ3) is 3.10. The Balaban J connectivity index is 1.59. The van der Waals surface area contributed by atoms with E-state index >= 15 is 0 Å². The highest BCUT2D eigenvalue weighted by Crippen LogP contribution is 2.36. The fraction of sp³-hybridized carbons (Fsp3) is 0.0526. The number of thiazole rings is 1. The summed E-state index contributed by atoms with van der Waals surface area (Å²) in [7, 11) is 0. The molecule has 5 nitrogen and oxygen atoms in total. The van der Waals surface area contributed by atoms with Gasteiger partial charge in [-0.05, 0) is 30.3 Å². The lowest BCUT2D eigenvalue weighted by molar-refractivity contribution is 0.174. The normalized spacial score (nSPS) is 12.7. The number of para-hydroxylation sites is 1. The third-order valence-electron chi connectivity index (χ3n) is 3.77. The lowest BCUT2D eigenvalue weighted by Crippen LogP contribution is -1.93. The van der Waals surface area contributed by atoms with E-state index in [0.717, 1.165) is 11.3 Å². The molecule has 0 radical (unpaired) electrons. The summed E-state index contributed by atoms with van der Waals surface area (Å²) in [5.74, 6) is 0.992. The van der Waals surface area contributed by atoms with Gasteiger partial charge in [0.05, 0.1) is 11.4 Å². The molecule has 0 saturated heterocycles. The quantitative estimate of drug-likeness (QED) is 0.682. The van der Waals surface area contributed by atoms with Crippen molar-refractivity contribution in [2.24, 2.45) is 0 Å². The largest absolute Gasteiger partial charge is 0.454 e. The van der Waals surface area contributed by atoms with E-state index in [9.17, 15) is 9.65 Å². The summed E-state index contributed by atoms with van der Waals surface area (Å²) in [6, 6.07) is 13.9. The molecule has 1 aromatic heterocycles. The molecule has 1 N–H and O–H groups in total. The van der Waals surface area contributed by atoms with Crippen LogP contribution in [-0.2, 0) is 0 Å². The number of hydrogen-bond acceptors (Lipinski definition) is 6. The molecule has 0 fully saturated rings. The molecule has 0 saturated carbocycles. The van der Waals surface area contributed by atoms with Gasteiger partial charge >= 0.3 is 0 Å². The van der Waals surface area contributed by atoms with Gasteiger partial charge in [-0.3, -0.25) is 0 Å². The van der Waals surface area contributed by atoms with Gasteiger partial charge in [0.15, 0.2) is 11.5 Å². The molecule has 2 heterocycles. The van der Waals surface area contributed by atoms with E-state index in [4.69, 9.17) is 9.47 Å². The first-order chi connectivity index (χ1) is 12.7. The smallest absolute Gasteiger partial charge is 0.231 e. The van der Waals surface area contributed by atoms with Gasteiger partial charge in [-0.2, -0.15) is 5.26 Å². The summed E-state index contributed by atoms with van der Waals surface area (Å²) < 4.78 is 24.4. The molecule has 0 unspecified atom stereocenters. The Morgan fingerprint density at radius 1 is 1.23 bits per heavy atom. The Morgan fingerprint density at radius 3 is 2.92 bits per heavy atom. The molecule has 1 aliphatic rings. The molecule has 26 heavy (non-hydrogen) atoms. The predicted octanol–water partition coefficient (Wildman–Crippen LogP) is 4.65. The third-order valence-corrected chi connectivity index (χ3v) is 4.64. The van der Waals surface area contributed by atoms with E-state index in [2.05, 4.69) is 16.4 Å². The first-order valence-corrected chi connectivity index (χ1v) is 8.60. The van der Waals surface area contributed by atoms with Crippen molar-refractivity contribution in [1.29, 1.82) is 5.26 Å². The number of nitrogens with zero attached hydrogens (tertiary/aromatic N) is 2. The van der Waals surface area contributed by atoms with Crippen molar-refractivity contribution >= 4 is 22.6 Å². The van der Waals surface area contributed by atoms with E-state index in [-0.39, 0.29) is 12.6 Å². The second kappa shape index (κ2) is 6.86. The number of ether oxygens (including phenoxy) is 2. The van der Waals surface area contributed by atoms with Crippen molar-refractivity contribution in [2.45, 2.75) is 0 Å². The van der Waals surface area contributed by atoms with Crippen LogP contribution in [-0.4, -0.2) is 11.8 Å². The second-order valence-electron chi connectivity index (χ2n) is 5.40. The van der Waals surface area contributed by atoms with E-state index in [1.54, 1.807) is 18.2 Å². The summed E-state index contributed by atoms with van der Waals surface area (Å²) in [6.45, 7) is 0.212. The van der Waals surface area contributed by atoms with E-state index < -0.39 is 0 Å². The predicted molar refractivity (Wildman–Crippen MR) is 97.3 cm³/mol. The molecular formula is C19H12FN3O2S. The zero-order valence-corrected chi connectivity index (χ0v) is 14.2. The maximum Gasteiger partial charge on any atom is 0.231 e. The lowest BCUT2D eigenvalue weighted by atomic mass is 10.1. The number of aromatic nitrogens is 1. The Kier molecular flexibility index (Phi) is 4.25. The number of rotatable bonds is 4. The summed E-state index contributed by atoms with van der Waals surface area (Å²) in [5.41, 5.74) is 2.23. The zero-order chi connectivity index (χ0) is 17.9. The maximum absolute atomic E-state index is 13.7. The highest BCUT2D eigenvalue weighted by molar-refractivity contribution is 7.11. The summed E-state index contributed by atoms with van der Waals surface area (Å²) >= 11 is 1.34. The van der Waals surface area contributed by atoms with Crippen LogP contribution < -0.4 is 14.8 Å². The van der Waals surface area contributed by atoms with Gasteiger partial charge in [0.2, 0.25) is 6.79 Å². The van der Waals surface area contributed by atoms with Gasteiger partial charge in [-0.1, -0.05) is 12.1 Å². The summed E-state index contributed by atoms with van der Waals surface area (Å²) in [5, 5.41) is 14.6. The van der Waals surface area contributed by atoms with Crippen LogP contribution in [0.5, 0.6) is 11.5 Å². The van der Waals surface area contributed by atoms with Gasteiger partial charge in [0.1, 0.15) is 22.5 Å². The molecule has 3 aromatic rings. The number of allylic oxidation sites excluding steroid dienone is 1. The zero-order valence-electron chi connectivity index (χ0n) is 13.4. The minimum absolute atomic E-state index is 0.212. The summed E-state index contributed by atoms with van der Waals surface area (Å²) in [4.78, 5) is 4.51. The van der Waals surface area contributed by atoms with Crippen LogP contribution in [0.1, 0.15) is 5.01 Å². The highest BCUT2D eigenvalue weighted by atomic mass is 32.1. The monoisotopic (exact) mass is 365 g/mol. The van der Waals surface area contributed by atoms with Gasteiger partial charge in [-0.15, -0.1) is 11.3 Å². The number of hydrogen-bond donors (Lipinski definition) is 1. The number of nitrogens with one attached hydrogen (secondary N) is 1. The van der Waals surface area contributed by atoms with Crippen LogP contribution in [0.2, 0.25) is 0 Å². The van der Waals surface area contributed by atoms with Crippen LogP contribution in [0.25, 0.3) is 16.8 Å². The van der Waals surface area contributed by atoms with Crippen molar-refractivity contribution in [1.82, 2.24) is 4.98 Å². The second-order valence-corrected chi connectivity index (χ2v) is 6.26. The minimum atomic E-state index is -0.388. The van der Waals surface area contributed by atoms with Crippen molar-refractivity contribution in [2.75, 3.05) is 12.1 Å². The number of anilines is 1. The number of halogens is 1. The molecule has 2 aromatic carbocycles. The SMILES string of the molecule is N#CC(=CNc1ccccc1F)c1nc(-c2ccc3c(c2)OCO3)cs1. The molecule has 128 valence electrons. The molecule has 4 rings (SSSR count). The van der Waals surface area contributed by atoms with E-state index in [1.165, 1.54) is 23.6 Å². The molecule has 0 bridgehead atoms. The van der Waals surface area contributed by atoms with Crippen LogP contribution in [0.3, 0.4) is 0 Å². The first kappa shape index (κ1) is 16.1. The summed E-state index contributed by atoms with van der Waals surface area (Å²) in [6.07, 6.45) is 1.46. The first-order valence-electron chi connectivity index (χ1n) is 7.72. The fourth-order valence-electron chi connectivity index (χ4n) is 2.46. The topological polar surface area (TPSA) is 67.2 Å². The van der Waals surface area contributed by atoms with Crippen LogP contribution in [0.15, 0.2) is 54.0 Å². The van der Waals surface area contributed by atoms with Crippen molar-refractivity contribution < 1.29 is 13.9 Å². The van der Waals surface area contributed by atoms with Crippen LogP contribution >= 0.6 is 11.3 Å². The van der Waals surface area contributed by atoms with E-state index in [1.807, 2.05) is 23.6 Å². The minimum Gasteiger partial charge on any atom is -0.454 e. The van der Waals surface area contributed by atoms with Gasteiger partial charge in [0.25, 0.3) is 0 Å². The number of nitriles is 1. The highest BCUT2D eigenvalue weighted by Gasteiger charge is 2.16. The Labute approximate surface area is 153 Å². The van der Waals surface area contributed by atoms with Crippen molar-refractivity contribution in [3.63, 3.8) is 0 Å². The van der Waals surface area contributed by atoms with Gasteiger partial charge in [0, 0.05) is 17.1 Å². The van der Waals surface area contributed by atoms with Crippen LogP contribution in [0.4, 0.5) is 10.1 Å². The maximum atomic E-state index is 13.7. The molecule has 1 aliphatic heterocycles. The van der Waals surface area contributed by atoms with Crippen molar-refractivity contribution in [3.8, 4) is 28.8 Å². The molecule has 0 spiro atoms. The average Bonchev–Trinajstić information content (AvgIpc) is 3.32. The molecular weight excluding hydrogens is 353 g/mol. The molecule has 0 atom stereocenters. The Bertz CT molecular complexity index is 1040. The number of fused-ring (bicyclic) bond motifs is 1. The average molecular weight is 365 g/mol. The van der Waals surface area contributed by atoms with Gasteiger partial charge in [-0.25, -0.2) is 9.37 Å². The molecule has 7 heteroatoms. The lowest BCUT2D eigenvalue weighted by Gasteiger charge is -2.02.